The van der Waals surface area contributed by atoms with E-state index in [0.717, 1.165) is 18.4 Å². The summed E-state index contributed by atoms with van der Waals surface area (Å²) < 4.78 is 0. The molecule has 0 saturated heterocycles. The molecule has 3 N–H and O–H groups in total. The lowest BCUT2D eigenvalue weighted by Crippen LogP contribution is -2.18. The normalized spacial score (nSPS) is 18.0. The maximum absolute atomic E-state index is 5.58. The molecule has 0 bridgehead atoms. The van der Waals surface area contributed by atoms with Crippen molar-refractivity contribution in [2.75, 3.05) is 19.6 Å². The van der Waals surface area contributed by atoms with Crippen LogP contribution in [0.25, 0.3) is 0 Å². The second kappa shape index (κ2) is 8.12. The third kappa shape index (κ3) is 6.91. The van der Waals surface area contributed by atoms with Gasteiger partial charge in [0.1, 0.15) is 0 Å². The Hall–Kier alpha value is -0.0800. The van der Waals surface area contributed by atoms with Crippen LogP contribution in [0.15, 0.2) is 0 Å². The van der Waals surface area contributed by atoms with E-state index in [1.165, 1.54) is 58.0 Å². The summed E-state index contributed by atoms with van der Waals surface area (Å²) in [7, 11) is 0. The fourth-order valence-electron chi connectivity index (χ4n) is 2.14. The zero-order valence-electron chi connectivity index (χ0n) is 10.3. The molecule has 0 aromatic rings. The van der Waals surface area contributed by atoms with Crippen molar-refractivity contribution in [3.05, 3.63) is 0 Å². The summed E-state index contributed by atoms with van der Waals surface area (Å²) in [5, 5.41) is 3.55. The number of hydrogen-bond acceptors (Lipinski definition) is 2. The molecule has 0 amide bonds. The van der Waals surface area contributed by atoms with Crippen LogP contribution in [0.4, 0.5) is 0 Å². The van der Waals surface area contributed by atoms with Gasteiger partial charge in [-0.2, -0.15) is 0 Å². The number of nitrogens with one attached hydrogen (secondary N) is 1. The highest BCUT2D eigenvalue weighted by Gasteiger charge is 2.19. The van der Waals surface area contributed by atoms with Crippen LogP contribution in [-0.2, 0) is 0 Å². The van der Waals surface area contributed by atoms with Crippen LogP contribution in [0, 0.1) is 11.8 Å². The van der Waals surface area contributed by atoms with Gasteiger partial charge in [0.05, 0.1) is 0 Å². The Morgan fingerprint density at radius 3 is 2.67 bits per heavy atom. The van der Waals surface area contributed by atoms with Crippen molar-refractivity contribution in [3.63, 3.8) is 0 Å². The maximum Gasteiger partial charge on any atom is -0.00463 e. The number of nitrogens with two attached hydrogens (primary N) is 1. The minimum atomic E-state index is 0.855. The van der Waals surface area contributed by atoms with Crippen molar-refractivity contribution in [1.29, 1.82) is 0 Å². The lowest BCUT2D eigenvalue weighted by Gasteiger charge is -2.13. The van der Waals surface area contributed by atoms with Gasteiger partial charge < -0.3 is 11.1 Å². The molecule has 1 aliphatic rings. The second-order valence-electron chi connectivity index (χ2n) is 4.98. The van der Waals surface area contributed by atoms with E-state index in [9.17, 15) is 0 Å². The first kappa shape index (κ1) is 13.0. The fraction of sp³-hybridized carbons (Fsp3) is 1.00. The minimum Gasteiger partial charge on any atom is -0.330 e. The molecule has 1 unspecified atom stereocenters. The lowest BCUT2D eigenvalue weighted by atomic mass is 9.97. The number of hydrogen-bond donors (Lipinski definition) is 2. The highest BCUT2D eigenvalue weighted by Crippen LogP contribution is 2.31. The molecule has 1 rings (SSSR count). The summed E-state index contributed by atoms with van der Waals surface area (Å²) in [4.78, 5) is 0. The molecule has 1 atom stereocenters. The lowest BCUT2D eigenvalue weighted by molar-refractivity contribution is 0.421. The largest absolute Gasteiger partial charge is 0.330 e. The van der Waals surface area contributed by atoms with Gasteiger partial charge in [0, 0.05) is 0 Å². The second-order valence-corrected chi connectivity index (χ2v) is 4.98. The van der Waals surface area contributed by atoms with Crippen molar-refractivity contribution < 1.29 is 0 Å². The predicted octanol–water partition coefficient (Wildman–Crippen LogP) is 2.53. The number of rotatable bonds is 10. The Bertz CT molecular complexity index is 143. The predicted molar refractivity (Wildman–Crippen MR) is 66.9 cm³/mol. The van der Waals surface area contributed by atoms with Gasteiger partial charge in [-0.25, -0.2) is 0 Å². The van der Waals surface area contributed by atoms with E-state index in [4.69, 9.17) is 5.73 Å². The van der Waals surface area contributed by atoms with E-state index in [1.807, 2.05) is 0 Å². The smallest absolute Gasteiger partial charge is 0.00463 e. The first-order valence-electron chi connectivity index (χ1n) is 6.77. The van der Waals surface area contributed by atoms with Gasteiger partial charge in [0.15, 0.2) is 0 Å². The molecule has 2 nitrogen and oxygen atoms in total. The van der Waals surface area contributed by atoms with Crippen molar-refractivity contribution in [3.8, 4) is 0 Å². The third-order valence-electron chi connectivity index (χ3n) is 3.54. The van der Waals surface area contributed by atoms with E-state index >= 15 is 0 Å². The molecule has 0 radical (unpaired) electrons. The van der Waals surface area contributed by atoms with Crippen molar-refractivity contribution in [1.82, 2.24) is 5.32 Å². The molecule has 1 aliphatic carbocycles. The molecule has 0 aromatic heterocycles. The Kier molecular flexibility index (Phi) is 7.03. The molecule has 1 fully saturated rings. The van der Waals surface area contributed by atoms with Crippen LogP contribution >= 0.6 is 0 Å². The first-order valence-corrected chi connectivity index (χ1v) is 6.77. The van der Waals surface area contributed by atoms with E-state index in [1.54, 1.807) is 0 Å². The minimum absolute atomic E-state index is 0.855. The standard InChI is InChI=1S/C13H28N2/c1-2-12(7-9-14)4-3-10-15-11-8-13-5-6-13/h12-13,15H,2-11,14H2,1H3. The van der Waals surface area contributed by atoms with Crippen LogP contribution < -0.4 is 11.1 Å². The van der Waals surface area contributed by atoms with Gasteiger partial charge in [0.2, 0.25) is 0 Å². The highest BCUT2D eigenvalue weighted by molar-refractivity contribution is 4.73. The van der Waals surface area contributed by atoms with Gasteiger partial charge in [-0.1, -0.05) is 26.2 Å². The fourth-order valence-corrected chi connectivity index (χ4v) is 2.14. The summed E-state index contributed by atoms with van der Waals surface area (Å²) in [6.07, 6.45) is 9.54. The van der Waals surface area contributed by atoms with Crippen molar-refractivity contribution in [2.24, 2.45) is 17.6 Å². The van der Waals surface area contributed by atoms with Gasteiger partial charge in [-0.3, -0.25) is 0 Å². The highest BCUT2D eigenvalue weighted by atomic mass is 14.8. The first-order chi connectivity index (χ1) is 7.36. The summed E-state index contributed by atoms with van der Waals surface area (Å²) in [6, 6.07) is 0. The Morgan fingerprint density at radius 1 is 1.27 bits per heavy atom. The van der Waals surface area contributed by atoms with E-state index in [0.29, 0.717) is 0 Å². The van der Waals surface area contributed by atoms with Gasteiger partial charge in [0.25, 0.3) is 0 Å². The molecule has 0 aromatic carbocycles. The van der Waals surface area contributed by atoms with Crippen LogP contribution in [0.3, 0.4) is 0 Å². The SMILES string of the molecule is CCC(CCN)CCCNCCC1CC1. The Morgan fingerprint density at radius 2 is 2.07 bits per heavy atom. The van der Waals surface area contributed by atoms with E-state index < -0.39 is 0 Å². The molecule has 0 heterocycles. The van der Waals surface area contributed by atoms with Crippen molar-refractivity contribution >= 4 is 0 Å². The molecule has 0 spiro atoms. The quantitative estimate of drug-likeness (QED) is 0.546. The molecule has 2 heteroatoms. The summed E-state index contributed by atoms with van der Waals surface area (Å²) >= 11 is 0. The van der Waals surface area contributed by atoms with Crippen molar-refractivity contribution in [2.45, 2.75) is 51.9 Å². The zero-order valence-corrected chi connectivity index (χ0v) is 10.3. The van der Waals surface area contributed by atoms with Crippen LogP contribution in [0.2, 0.25) is 0 Å². The van der Waals surface area contributed by atoms with Gasteiger partial charge >= 0.3 is 0 Å². The van der Waals surface area contributed by atoms with Gasteiger partial charge in [-0.15, -0.1) is 0 Å². The Balaban J connectivity index is 1.81. The summed E-state index contributed by atoms with van der Waals surface area (Å²) in [6.45, 7) is 5.57. The summed E-state index contributed by atoms with van der Waals surface area (Å²) in [5.41, 5.74) is 5.58. The topological polar surface area (TPSA) is 38.0 Å². The maximum atomic E-state index is 5.58. The van der Waals surface area contributed by atoms with E-state index in [-0.39, 0.29) is 0 Å². The molecule has 1 saturated carbocycles. The van der Waals surface area contributed by atoms with E-state index in [2.05, 4.69) is 12.2 Å². The molecule has 15 heavy (non-hydrogen) atoms. The average molecular weight is 212 g/mol. The zero-order chi connectivity index (χ0) is 10.9. The van der Waals surface area contributed by atoms with Crippen LogP contribution in [-0.4, -0.2) is 19.6 Å². The monoisotopic (exact) mass is 212 g/mol. The van der Waals surface area contributed by atoms with Crippen LogP contribution in [0.5, 0.6) is 0 Å². The molecule has 90 valence electrons. The van der Waals surface area contributed by atoms with Crippen LogP contribution in [0.1, 0.15) is 51.9 Å². The third-order valence-corrected chi connectivity index (χ3v) is 3.54. The Labute approximate surface area is 95.0 Å². The molecular formula is C13H28N2. The van der Waals surface area contributed by atoms with Gasteiger partial charge in [-0.05, 0) is 57.2 Å². The molecular weight excluding hydrogens is 184 g/mol. The molecule has 0 aliphatic heterocycles. The summed E-state index contributed by atoms with van der Waals surface area (Å²) in [5.74, 6) is 1.93. The average Bonchev–Trinajstić information content (AvgIpc) is 3.05.